The summed E-state index contributed by atoms with van der Waals surface area (Å²) in [5.41, 5.74) is 1.86. The lowest BCUT2D eigenvalue weighted by Gasteiger charge is -2.20. The van der Waals surface area contributed by atoms with Crippen LogP contribution in [0.5, 0.6) is 0 Å². The highest BCUT2D eigenvalue weighted by atomic mass is 19.4. The number of aromatic amines is 1. The third-order valence-electron chi connectivity index (χ3n) is 3.77. The van der Waals surface area contributed by atoms with Crippen LogP contribution in [-0.2, 0) is 6.18 Å². The number of allylic oxidation sites excluding steroid dienone is 4. The van der Waals surface area contributed by atoms with Crippen LogP contribution in [-0.4, -0.2) is 20.4 Å². The quantitative estimate of drug-likeness (QED) is 0.912. The molecule has 0 bridgehead atoms. The van der Waals surface area contributed by atoms with Gasteiger partial charge in [0.05, 0.1) is 5.56 Å². The summed E-state index contributed by atoms with van der Waals surface area (Å²) in [5, 5.41) is 19.2. The van der Waals surface area contributed by atoms with Crippen LogP contribution >= 0.6 is 0 Å². The van der Waals surface area contributed by atoms with Crippen molar-refractivity contribution < 1.29 is 13.2 Å². The van der Waals surface area contributed by atoms with Crippen LogP contribution < -0.4 is 0 Å². The standard InChI is InChI=1S/C16H12F3N5/c1-9-2-10(12-5-13(8-21-7-12)16(17,18)19)4-11(3-9)15-14(6-20)22-24-23-15/h3-5,7-8,10H,2H2,1H3,(H,22,23,24). The Kier molecular flexibility index (Phi) is 3.93. The third-order valence-corrected chi connectivity index (χ3v) is 3.77. The number of rotatable bonds is 2. The number of aromatic nitrogens is 4. The minimum Gasteiger partial charge on any atom is -0.264 e. The van der Waals surface area contributed by atoms with Crippen molar-refractivity contribution in [2.75, 3.05) is 0 Å². The fourth-order valence-electron chi connectivity index (χ4n) is 2.68. The number of hydrogen-bond acceptors (Lipinski definition) is 4. The predicted molar refractivity (Wildman–Crippen MR) is 79.4 cm³/mol. The van der Waals surface area contributed by atoms with E-state index < -0.39 is 11.7 Å². The molecule has 122 valence electrons. The summed E-state index contributed by atoms with van der Waals surface area (Å²) < 4.78 is 38.7. The number of H-pyrrole nitrogens is 1. The third kappa shape index (κ3) is 3.06. The first-order chi connectivity index (χ1) is 11.4. The fourth-order valence-corrected chi connectivity index (χ4v) is 2.68. The number of nitrogens with one attached hydrogen (secondary N) is 1. The number of nitriles is 1. The first-order valence-corrected chi connectivity index (χ1v) is 7.11. The minimum atomic E-state index is -4.44. The number of pyridine rings is 1. The average Bonchev–Trinajstić information content (AvgIpc) is 3.02. The van der Waals surface area contributed by atoms with E-state index in [1.807, 2.05) is 19.1 Å². The van der Waals surface area contributed by atoms with Gasteiger partial charge in [-0.25, -0.2) is 0 Å². The Bertz CT molecular complexity index is 870. The smallest absolute Gasteiger partial charge is 0.264 e. The number of hydrogen-bond donors (Lipinski definition) is 1. The Hall–Kier alpha value is -2.95. The zero-order chi connectivity index (χ0) is 17.3. The van der Waals surface area contributed by atoms with Crippen molar-refractivity contribution >= 4 is 5.57 Å². The predicted octanol–water partition coefficient (Wildman–Crippen LogP) is 3.61. The van der Waals surface area contributed by atoms with Gasteiger partial charge in [0.1, 0.15) is 11.8 Å². The van der Waals surface area contributed by atoms with Crippen molar-refractivity contribution in [3.63, 3.8) is 0 Å². The van der Waals surface area contributed by atoms with Crippen molar-refractivity contribution in [3.8, 4) is 6.07 Å². The number of nitrogens with zero attached hydrogens (tertiary/aromatic N) is 4. The van der Waals surface area contributed by atoms with E-state index in [-0.39, 0.29) is 11.6 Å². The largest absolute Gasteiger partial charge is 0.417 e. The van der Waals surface area contributed by atoms with Gasteiger partial charge in [-0.05, 0) is 25.0 Å². The molecule has 0 amide bonds. The highest BCUT2D eigenvalue weighted by Gasteiger charge is 2.32. The Morgan fingerprint density at radius 2 is 2.08 bits per heavy atom. The van der Waals surface area contributed by atoms with Crippen LogP contribution in [0, 0.1) is 11.3 Å². The van der Waals surface area contributed by atoms with E-state index in [4.69, 9.17) is 5.26 Å². The van der Waals surface area contributed by atoms with Crippen LogP contribution in [0.4, 0.5) is 13.2 Å². The van der Waals surface area contributed by atoms with E-state index in [0.29, 0.717) is 23.3 Å². The van der Waals surface area contributed by atoms with Gasteiger partial charge in [0.2, 0.25) is 0 Å². The van der Waals surface area contributed by atoms with Gasteiger partial charge >= 0.3 is 6.18 Å². The Morgan fingerprint density at radius 3 is 2.79 bits per heavy atom. The summed E-state index contributed by atoms with van der Waals surface area (Å²) in [6.07, 6.45) is 2.03. The van der Waals surface area contributed by atoms with Gasteiger partial charge in [-0.2, -0.15) is 28.7 Å². The Labute approximate surface area is 135 Å². The summed E-state index contributed by atoms with van der Waals surface area (Å²) in [5.74, 6) is -0.275. The van der Waals surface area contributed by atoms with Gasteiger partial charge < -0.3 is 0 Å². The molecule has 0 spiro atoms. The molecule has 1 unspecified atom stereocenters. The first kappa shape index (κ1) is 15.9. The number of halogens is 3. The van der Waals surface area contributed by atoms with Gasteiger partial charge in [-0.1, -0.05) is 17.7 Å². The molecule has 0 aromatic carbocycles. The van der Waals surface area contributed by atoms with E-state index in [9.17, 15) is 13.2 Å². The van der Waals surface area contributed by atoms with Crippen molar-refractivity contribution in [1.29, 1.82) is 5.26 Å². The molecule has 1 N–H and O–H groups in total. The second kappa shape index (κ2) is 5.92. The zero-order valence-electron chi connectivity index (χ0n) is 12.6. The molecule has 1 aliphatic rings. The summed E-state index contributed by atoms with van der Waals surface area (Å²) in [4.78, 5) is 3.72. The van der Waals surface area contributed by atoms with Gasteiger partial charge in [-0.15, -0.1) is 5.10 Å². The Balaban J connectivity index is 2.01. The fraction of sp³-hybridized carbons (Fsp3) is 0.250. The molecule has 8 heteroatoms. The molecule has 24 heavy (non-hydrogen) atoms. The monoisotopic (exact) mass is 331 g/mol. The van der Waals surface area contributed by atoms with Gasteiger partial charge in [0.25, 0.3) is 0 Å². The zero-order valence-corrected chi connectivity index (χ0v) is 12.6. The molecule has 2 aromatic rings. The molecule has 0 saturated heterocycles. The summed E-state index contributed by atoms with van der Waals surface area (Å²) >= 11 is 0. The molecule has 3 rings (SSSR count). The lowest BCUT2D eigenvalue weighted by molar-refractivity contribution is -0.137. The molecule has 2 heterocycles. The molecule has 5 nitrogen and oxygen atoms in total. The van der Waals surface area contributed by atoms with Gasteiger partial charge in [-0.3, -0.25) is 4.98 Å². The summed E-state index contributed by atoms with van der Waals surface area (Å²) in [6.45, 7) is 1.88. The van der Waals surface area contributed by atoms with E-state index in [0.717, 1.165) is 17.8 Å². The van der Waals surface area contributed by atoms with Crippen LogP contribution in [0.25, 0.3) is 5.57 Å². The topological polar surface area (TPSA) is 78.2 Å². The van der Waals surface area contributed by atoms with Crippen molar-refractivity contribution in [2.24, 2.45) is 0 Å². The van der Waals surface area contributed by atoms with Gasteiger partial charge in [0, 0.05) is 23.9 Å². The maximum atomic E-state index is 12.9. The number of alkyl halides is 3. The van der Waals surface area contributed by atoms with Gasteiger partial charge in [0.15, 0.2) is 5.69 Å². The molecular formula is C16H12F3N5. The second-order valence-corrected chi connectivity index (χ2v) is 5.56. The summed E-state index contributed by atoms with van der Waals surface area (Å²) in [7, 11) is 0. The normalized spacial score (nSPS) is 17.9. The summed E-state index contributed by atoms with van der Waals surface area (Å²) in [6, 6.07) is 3.04. The molecule has 0 fully saturated rings. The lowest BCUT2D eigenvalue weighted by Crippen LogP contribution is -2.09. The SMILES string of the molecule is CC1=CC(c2n[nH]nc2C#N)=CC(c2cncc(C(F)(F)F)c2)C1. The highest BCUT2D eigenvalue weighted by Crippen LogP contribution is 2.36. The lowest BCUT2D eigenvalue weighted by atomic mass is 9.85. The Morgan fingerprint density at radius 1 is 1.29 bits per heavy atom. The average molecular weight is 331 g/mol. The minimum absolute atomic E-state index is 0.146. The molecular weight excluding hydrogens is 319 g/mol. The maximum absolute atomic E-state index is 12.9. The highest BCUT2D eigenvalue weighted by molar-refractivity contribution is 5.76. The molecule has 0 radical (unpaired) electrons. The van der Waals surface area contributed by atoms with Crippen molar-refractivity contribution in [2.45, 2.75) is 25.4 Å². The van der Waals surface area contributed by atoms with Crippen molar-refractivity contribution in [1.82, 2.24) is 20.4 Å². The second-order valence-electron chi connectivity index (χ2n) is 5.56. The molecule has 1 aliphatic carbocycles. The molecule has 2 aromatic heterocycles. The van der Waals surface area contributed by atoms with Crippen LogP contribution in [0.2, 0.25) is 0 Å². The first-order valence-electron chi connectivity index (χ1n) is 7.11. The molecule has 0 saturated carbocycles. The maximum Gasteiger partial charge on any atom is 0.417 e. The van der Waals surface area contributed by atoms with Crippen LogP contribution in [0.15, 0.2) is 36.2 Å². The van der Waals surface area contributed by atoms with Crippen LogP contribution in [0.1, 0.15) is 41.8 Å². The van der Waals surface area contributed by atoms with E-state index in [1.165, 1.54) is 6.20 Å². The van der Waals surface area contributed by atoms with E-state index in [2.05, 4.69) is 20.4 Å². The van der Waals surface area contributed by atoms with E-state index in [1.54, 1.807) is 6.08 Å². The van der Waals surface area contributed by atoms with Crippen molar-refractivity contribution in [3.05, 3.63) is 58.7 Å². The molecule has 0 aliphatic heterocycles. The van der Waals surface area contributed by atoms with E-state index >= 15 is 0 Å². The van der Waals surface area contributed by atoms with Crippen LogP contribution in [0.3, 0.4) is 0 Å². The molecule has 1 atom stereocenters.